The van der Waals surface area contributed by atoms with Gasteiger partial charge in [0.1, 0.15) is 5.75 Å². The predicted octanol–water partition coefficient (Wildman–Crippen LogP) is 1.44. The lowest BCUT2D eigenvalue weighted by atomic mass is 10.1. The molecule has 1 atom stereocenters. The van der Waals surface area contributed by atoms with Crippen LogP contribution in [0, 0.1) is 19.8 Å². The second-order valence-corrected chi connectivity index (χ2v) is 5.49. The number of carbonyl (C=O) groups is 3. The van der Waals surface area contributed by atoms with Gasteiger partial charge >= 0.3 is 12.0 Å². The molecule has 0 radical (unpaired) electrons. The van der Waals surface area contributed by atoms with Gasteiger partial charge in [0.2, 0.25) is 0 Å². The van der Waals surface area contributed by atoms with E-state index in [1.807, 2.05) is 31.3 Å². The van der Waals surface area contributed by atoms with Crippen molar-refractivity contribution in [3.8, 4) is 5.75 Å². The fourth-order valence-corrected chi connectivity index (χ4v) is 1.88. The van der Waals surface area contributed by atoms with Gasteiger partial charge in [-0.15, -0.1) is 0 Å². The summed E-state index contributed by atoms with van der Waals surface area (Å²) >= 11 is 0. The summed E-state index contributed by atoms with van der Waals surface area (Å²) in [4.78, 5) is 34.4. The topological polar surface area (TPSA) is 108 Å². The van der Waals surface area contributed by atoms with Crippen LogP contribution in [0.2, 0.25) is 0 Å². The Kier molecular flexibility index (Phi) is 6.56. The maximum atomic E-state index is 11.9. The Bertz CT molecular complexity index is 598. The van der Waals surface area contributed by atoms with Gasteiger partial charge in [0, 0.05) is 0 Å². The van der Waals surface area contributed by atoms with Crippen molar-refractivity contribution < 1.29 is 23.9 Å². The Morgan fingerprint density at radius 3 is 2.43 bits per heavy atom. The number of carbonyl (C=O) groups excluding carboxylic acids is 3. The number of imide groups is 1. The molecule has 0 heterocycles. The molecule has 3 N–H and O–H groups in total. The lowest BCUT2D eigenvalue weighted by molar-refractivity contribution is -0.160. The highest BCUT2D eigenvalue weighted by Gasteiger charge is 2.27. The van der Waals surface area contributed by atoms with Crippen LogP contribution in [0.4, 0.5) is 4.79 Å². The summed E-state index contributed by atoms with van der Waals surface area (Å²) in [5.74, 6) is -1.21. The minimum Gasteiger partial charge on any atom is -0.482 e. The molecule has 0 spiro atoms. The molecule has 23 heavy (non-hydrogen) atoms. The smallest absolute Gasteiger partial charge is 0.344 e. The fraction of sp³-hybridized carbons (Fsp3) is 0.438. The molecule has 0 aliphatic heterocycles. The van der Waals surface area contributed by atoms with Crippen molar-refractivity contribution >= 4 is 17.9 Å². The van der Waals surface area contributed by atoms with Crippen LogP contribution in [0.25, 0.3) is 0 Å². The molecule has 0 aromatic heterocycles. The van der Waals surface area contributed by atoms with Crippen LogP contribution in [-0.2, 0) is 14.3 Å². The number of amides is 3. The quantitative estimate of drug-likeness (QED) is 0.771. The highest BCUT2D eigenvalue weighted by molar-refractivity contribution is 5.96. The number of nitrogens with one attached hydrogen (secondary N) is 1. The largest absolute Gasteiger partial charge is 0.482 e. The van der Waals surface area contributed by atoms with Crippen LogP contribution in [0.1, 0.15) is 25.0 Å². The van der Waals surface area contributed by atoms with Crippen LogP contribution < -0.4 is 15.8 Å². The van der Waals surface area contributed by atoms with Crippen LogP contribution in [0.3, 0.4) is 0 Å². The number of nitrogens with two attached hydrogens (primary N) is 1. The van der Waals surface area contributed by atoms with Gasteiger partial charge in [0.15, 0.2) is 12.7 Å². The normalized spacial score (nSPS) is 11.7. The molecule has 3 amide bonds. The van der Waals surface area contributed by atoms with Crippen LogP contribution in [-0.4, -0.2) is 30.6 Å². The van der Waals surface area contributed by atoms with E-state index < -0.39 is 24.0 Å². The Hall–Kier alpha value is -2.57. The summed E-state index contributed by atoms with van der Waals surface area (Å²) in [5, 5.41) is 1.90. The molecule has 1 aromatic carbocycles. The number of hydrogen-bond acceptors (Lipinski definition) is 5. The molecule has 1 rings (SSSR count). The van der Waals surface area contributed by atoms with Crippen LogP contribution >= 0.6 is 0 Å². The third-order valence-electron chi connectivity index (χ3n) is 3.27. The Morgan fingerprint density at radius 1 is 1.22 bits per heavy atom. The highest BCUT2D eigenvalue weighted by atomic mass is 16.6. The Balaban J connectivity index is 2.64. The summed E-state index contributed by atoms with van der Waals surface area (Å²) in [5.41, 5.74) is 6.85. The summed E-state index contributed by atoms with van der Waals surface area (Å²) in [6.07, 6.45) is -1.11. The number of rotatable bonds is 6. The molecule has 0 aliphatic carbocycles. The average Bonchev–Trinajstić information content (AvgIpc) is 2.45. The second kappa shape index (κ2) is 8.17. The van der Waals surface area contributed by atoms with Gasteiger partial charge in [-0.2, -0.15) is 0 Å². The highest BCUT2D eigenvalue weighted by Crippen LogP contribution is 2.20. The van der Waals surface area contributed by atoms with Gasteiger partial charge < -0.3 is 15.2 Å². The van der Waals surface area contributed by atoms with E-state index in [9.17, 15) is 14.4 Å². The first-order valence-electron chi connectivity index (χ1n) is 7.21. The zero-order chi connectivity index (χ0) is 17.6. The molecule has 1 aromatic rings. The molecule has 0 saturated carbocycles. The van der Waals surface area contributed by atoms with Gasteiger partial charge in [-0.1, -0.05) is 26.0 Å². The molecule has 7 heteroatoms. The zero-order valence-electron chi connectivity index (χ0n) is 13.7. The number of urea groups is 1. The molecule has 0 aliphatic rings. The first-order valence-corrected chi connectivity index (χ1v) is 7.21. The first-order chi connectivity index (χ1) is 10.7. The molecule has 0 fully saturated rings. The van der Waals surface area contributed by atoms with Crippen molar-refractivity contribution in [1.29, 1.82) is 0 Å². The van der Waals surface area contributed by atoms with E-state index in [-0.39, 0.29) is 12.5 Å². The van der Waals surface area contributed by atoms with E-state index in [2.05, 4.69) is 0 Å². The van der Waals surface area contributed by atoms with Crippen molar-refractivity contribution in [3.05, 3.63) is 29.3 Å². The van der Waals surface area contributed by atoms with E-state index in [1.54, 1.807) is 19.9 Å². The summed E-state index contributed by atoms with van der Waals surface area (Å²) in [6, 6.07) is 4.50. The van der Waals surface area contributed by atoms with E-state index >= 15 is 0 Å². The maximum Gasteiger partial charge on any atom is 0.344 e. The maximum absolute atomic E-state index is 11.9. The van der Waals surface area contributed by atoms with Crippen molar-refractivity contribution in [3.63, 3.8) is 0 Å². The molecular weight excluding hydrogens is 300 g/mol. The number of benzene rings is 1. The van der Waals surface area contributed by atoms with E-state index in [4.69, 9.17) is 15.2 Å². The molecule has 0 unspecified atom stereocenters. The average molecular weight is 322 g/mol. The molecule has 7 nitrogen and oxygen atoms in total. The van der Waals surface area contributed by atoms with Crippen molar-refractivity contribution in [1.82, 2.24) is 5.32 Å². The molecular formula is C16H22N2O5. The van der Waals surface area contributed by atoms with Crippen LogP contribution in [0.5, 0.6) is 5.75 Å². The number of esters is 1. The summed E-state index contributed by atoms with van der Waals surface area (Å²) < 4.78 is 10.5. The first kappa shape index (κ1) is 18.5. The molecule has 0 saturated heterocycles. The molecule has 0 bridgehead atoms. The summed E-state index contributed by atoms with van der Waals surface area (Å²) in [6.45, 7) is 6.85. The van der Waals surface area contributed by atoms with Gasteiger partial charge in [-0.05, 0) is 37.0 Å². The van der Waals surface area contributed by atoms with E-state index in [0.29, 0.717) is 5.75 Å². The minimum absolute atomic E-state index is 0.320. The number of hydrogen-bond donors (Lipinski definition) is 2. The molecule has 126 valence electrons. The van der Waals surface area contributed by atoms with Gasteiger partial charge in [0.05, 0.1) is 0 Å². The Morgan fingerprint density at radius 2 is 1.87 bits per heavy atom. The number of aryl methyl sites for hydroxylation is 1. The van der Waals surface area contributed by atoms with Gasteiger partial charge in [0.25, 0.3) is 5.91 Å². The van der Waals surface area contributed by atoms with Crippen molar-refractivity contribution in [2.45, 2.75) is 33.8 Å². The Labute approximate surface area is 135 Å². The third kappa shape index (κ3) is 5.61. The van der Waals surface area contributed by atoms with Gasteiger partial charge in [-0.25, -0.2) is 9.59 Å². The van der Waals surface area contributed by atoms with E-state index in [0.717, 1.165) is 11.1 Å². The zero-order valence-corrected chi connectivity index (χ0v) is 13.7. The third-order valence-corrected chi connectivity index (χ3v) is 3.27. The standard InChI is InChI=1S/C16H22N2O5/c1-9(2)14(15(20)18-16(17)21)23-13(19)8-22-12-7-5-6-10(3)11(12)4/h5-7,9,14H,8H2,1-4H3,(H3,17,18,20,21)/t14-/m0/s1. The van der Waals surface area contributed by atoms with Crippen molar-refractivity contribution in [2.24, 2.45) is 11.7 Å². The summed E-state index contributed by atoms with van der Waals surface area (Å²) in [7, 11) is 0. The van der Waals surface area contributed by atoms with Crippen molar-refractivity contribution in [2.75, 3.05) is 6.61 Å². The lowest BCUT2D eigenvalue weighted by Gasteiger charge is -2.20. The number of ether oxygens (including phenoxy) is 2. The monoisotopic (exact) mass is 322 g/mol. The fourth-order valence-electron chi connectivity index (χ4n) is 1.88. The minimum atomic E-state index is -1.11. The number of primary amides is 1. The SMILES string of the molecule is Cc1cccc(OCC(=O)O[C@H](C(=O)NC(N)=O)C(C)C)c1C. The predicted molar refractivity (Wildman–Crippen MR) is 83.9 cm³/mol. The second-order valence-electron chi connectivity index (χ2n) is 5.49. The van der Waals surface area contributed by atoms with Gasteiger partial charge in [-0.3, -0.25) is 10.1 Å². The lowest BCUT2D eigenvalue weighted by Crippen LogP contribution is -2.46. The van der Waals surface area contributed by atoms with Crippen LogP contribution in [0.15, 0.2) is 18.2 Å². The van der Waals surface area contributed by atoms with E-state index in [1.165, 1.54) is 0 Å².